The fraction of sp³-hybridized carbons (Fsp3) is 1.00. The van der Waals surface area contributed by atoms with Crippen LogP contribution in [0, 0.1) is 5.41 Å². The van der Waals surface area contributed by atoms with E-state index in [0.29, 0.717) is 23.5 Å². The molecule has 0 aromatic heterocycles. The molecule has 0 radical (unpaired) electrons. The first-order chi connectivity index (χ1) is 7.84. The minimum absolute atomic E-state index is 0.386. The van der Waals surface area contributed by atoms with Crippen LogP contribution in [-0.4, -0.2) is 36.1 Å². The predicted molar refractivity (Wildman–Crippen MR) is 76.4 cm³/mol. The molecule has 1 rings (SSSR count). The van der Waals surface area contributed by atoms with Crippen LogP contribution in [0.2, 0.25) is 0 Å². The van der Waals surface area contributed by atoms with Gasteiger partial charge in [-0.3, -0.25) is 0 Å². The number of hydrogen-bond donors (Lipinski definition) is 1. The Morgan fingerprint density at radius 2 is 1.82 bits per heavy atom. The first-order valence-electron chi connectivity index (χ1n) is 7.34. The van der Waals surface area contributed by atoms with Crippen LogP contribution >= 0.6 is 0 Å². The predicted octanol–water partition coefficient (Wildman–Crippen LogP) is 3.27. The van der Waals surface area contributed by atoms with Crippen molar-refractivity contribution in [3.63, 3.8) is 0 Å². The van der Waals surface area contributed by atoms with Gasteiger partial charge in [-0.1, -0.05) is 27.7 Å². The molecule has 0 bridgehead atoms. The van der Waals surface area contributed by atoms with Crippen LogP contribution in [0.15, 0.2) is 0 Å². The molecule has 0 aromatic rings. The fourth-order valence-corrected chi connectivity index (χ4v) is 2.62. The summed E-state index contributed by atoms with van der Waals surface area (Å²) in [5.74, 6) is 0. The maximum atomic E-state index is 3.74. The molecular weight excluding hydrogens is 208 g/mol. The molecule has 3 atom stereocenters. The third-order valence-corrected chi connectivity index (χ3v) is 4.43. The summed E-state index contributed by atoms with van der Waals surface area (Å²) in [5, 5.41) is 3.74. The van der Waals surface area contributed by atoms with Gasteiger partial charge in [0, 0.05) is 18.1 Å². The van der Waals surface area contributed by atoms with Crippen LogP contribution in [0.5, 0.6) is 0 Å². The van der Waals surface area contributed by atoms with Gasteiger partial charge in [-0.05, 0) is 51.6 Å². The molecule has 1 N–H and O–H groups in total. The van der Waals surface area contributed by atoms with Crippen molar-refractivity contribution in [2.45, 2.75) is 78.9 Å². The van der Waals surface area contributed by atoms with Gasteiger partial charge in [0.15, 0.2) is 0 Å². The molecule has 1 heterocycles. The van der Waals surface area contributed by atoms with Crippen molar-refractivity contribution in [3.05, 3.63) is 0 Å². The average Bonchev–Trinajstić information content (AvgIpc) is 2.22. The van der Waals surface area contributed by atoms with Crippen molar-refractivity contribution >= 4 is 0 Å². The van der Waals surface area contributed by atoms with E-state index in [0.717, 1.165) is 0 Å². The summed E-state index contributed by atoms with van der Waals surface area (Å²) in [4.78, 5) is 2.69. The SMILES string of the molecule is CCC1CCN(C(C)C(C)(C)C)CCC(C)N1. The summed E-state index contributed by atoms with van der Waals surface area (Å²) in [6, 6.07) is 2.04. The molecule has 2 heteroatoms. The zero-order valence-corrected chi connectivity index (χ0v) is 12.7. The Morgan fingerprint density at radius 1 is 1.24 bits per heavy atom. The lowest BCUT2D eigenvalue weighted by Gasteiger charge is -2.41. The largest absolute Gasteiger partial charge is 0.311 e. The summed E-state index contributed by atoms with van der Waals surface area (Å²) >= 11 is 0. The molecule has 0 saturated carbocycles. The second-order valence-electron chi connectivity index (χ2n) is 6.83. The van der Waals surface area contributed by atoms with Crippen LogP contribution in [-0.2, 0) is 0 Å². The van der Waals surface area contributed by atoms with Crippen LogP contribution in [0.25, 0.3) is 0 Å². The van der Waals surface area contributed by atoms with Crippen molar-refractivity contribution in [1.29, 1.82) is 0 Å². The van der Waals surface area contributed by atoms with Crippen molar-refractivity contribution in [2.75, 3.05) is 13.1 Å². The van der Waals surface area contributed by atoms with Gasteiger partial charge < -0.3 is 10.2 Å². The highest BCUT2D eigenvalue weighted by Gasteiger charge is 2.28. The van der Waals surface area contributed by atoms with Crippen molar-refractivity contribution < 1.29 is 0 Å². The van der Waals surface area contributed by atoms with Crippen LogP contribution in [0.4, 0.5) is 0 Å². The van der Waals surface area contributed by atoms with Gasteiger partial charge in [0.2, 0.25) is 0 Å². The first kappa shape index (κ1) is 15.0. The number of nitrogens with zero attached hydrogens (tertiary/aromatic N) is 1. The second kappa shape index (κ2) is 6.19. The summed E-state index contributed by atoms with van der Waals surface area (Å²) in [6.07, 6.45) is 3.82. The van der Waals surface area contributed by atoms with E-state index in [9.17, 15) is 0 Å². The Kier molecular flexibility index (Phi) is 5.46. The van der Waals surface area contributed by atoms with E-state index >= 15 is 0 Å². The molecule has 0 aromatic carbocycles. The summed E-state index contributed by atoms with van der Waals surface area (Å²) in [7, 11) is 0. The van der Waals surface area contributed by atoms with E-state index in [2.05, 4.69) is 51.8 Å². The Hall–Kier alpha value is -0.0800. The molecule has 3 unspecified atom stereocenters. The van der Waals surface area contributed by atoms with Gasteiger partial charge in [0.05, 0.1) is 0 Å². The van der Waals surface area contributed by atoms with Crippen molar-refractivity contribution in [1.82, 2.24) is 10.2 Å². The summed E-state index contributed by atoms with van der Waals surface area (Å²) in [5.41, 5.74) is 0.386. The summed E-state index contributed by atoms with van der Waals surface area (Å²) < 4.78 is 0. The van der Waals surface area contributed by atoms with Crippen LogP contribution < -0.4 is 5.32 Å². The lowest BCUT2D eigenvalue weighted by Crippen LogP contribution is -2.49. The lowest BCUT2D eigenvalue weighted by atomic mass is 9.86. The molecule has 1 aliphatic rings. The maximum absolute atomic E-state index is 3.74. The normalized spacial score (nSPS) is 30.7. The molecule has 1 fully saturated rings. The number of nitrogens with one attached hydrogen (secondary N) is 1. The Balaban J connectivity index is 2.61. The lowest BCUT2D eigenvalue weighted by molar-refractivity contribution is 0.0936. The van der Waals surface area contributed by atoms with Gasteiger partial charge in [0.1, 0.15) is 0 Å². The Morgan fingerprint density at radius 3 is 2.35 bits per heavy atom. The highest BCUT2D eigenvalue weighted by atomic mass is 15.2. The van der Waals surface area contributed by atoms with E-state index in [-0.39, 0.29) is 0 Å². The van der Waals surface area contributed by atoms with Gasteiger partial charge >= 0.3 is 0 Å². The zero-order chi connectivity index (χ0) is 13.1. The highest BCUT2D eigenvalue weighted by molar-refractivity contribution is 4.84. The monoisotopic (exact) mass is 240 g/mol. The molecule has 2 nitrogen and oxygen atoms in total. The fourth-order valence-electron chi connectivity index (χ4n) is 2.62. The maximum Gasteiger partial charge on any atom is 0.0115 e. The van der Waals surface area contributed by atoms with E-state index in [1.54, 1.807) is 0 Å². The standard InChI is InChI=1S/C15H32N2/c1-7-14-9-11-17(10-8-12(2)16-14)13(3)15(4,5)6/h12-14,16H,7-11H2,1-6H3. The van der Waals surface area contributed by atoms with E-state index < -0.39 is 0 Å². The zero-order valence-electron chi connectivity index (χ0n) is 12.7. The van der Waals surface area contributed by atoms with E-state index in [1.807, 2.05) is 0 Å². The molecule has 17 heavy (non-hydrogen) atoms. The van der Waals surface area contributed by atoms with Crippen LogP contribution in [0.1, 0.15) is 60.8 Å². The smallest absolute Gasteiger partial charge is 0.0115 e. The average molecular weight is 240 g/mol. The highest BCUT2D eigenvalue weighted by Crippen LogP contribution is 2.25. The van der Waals surface area contributed by atoms with Crippen molar-refractivity contribution in [2.24, 2.45) is 5.41 Å². The van der Waals surface area contributed by atoms with E-state index in [4.69, 9.17) is 0 Å². The topological polar surface area (TPSA) is 15.3 Å². The molecule has 0 amide bonds. The molecule has 1 saturated heterocycles. The molecular formula is C15H32N2. The Labute approximate surface area is 108 Å². The first-order valence-corrected chi connectivity index (χ1v) is 7.34. The van der Waals surface area contributed by atoms with Gasteiger partial charge in [-0.25, -0.2) is 0 Å². The summed E-state index contributed by atoms with van der Waals surface area (Å²) in [6.45, 7) is 16.6. The van der Waals surface area contributed by atoms with E-state index in [1.165, 1.54) is 32.4 Å². The molecule has 1 aliphatic heterocycles. The second-order valence-corrected chi connectivity index (χ2v) is 6.83. The number of hydrogen-bond acceptors (Lipinski definition) is 2. The van der Waals surface area contributed by atoms with Crippen molar-refractivity contribution in [3.8, 4) is 0 Å². The molecule has 0 aliphatic carbocycles. The minimum Gasteiger partial charge on any atom is -0.311 e. The quantitative estimate of drug-likeness (QED) is 0.797. The number of rotatable bonds is 2. The Bertz CT molecular complexity index is 219. The third-order valence-electron chi connectivity index (χ3n) is 4.43. The van der Waals surface area contributed by atoms with Crippen LogP contribution in [0.3, 0.4) is 0 Å². The molecule has 0 spiro atoms. The van der Waals surface area contributed by atoms with Gasteiger partial charge in [-0.2, -0.15) is 0 Å². The third kappa shape index (κ3) is 4.59. The minimum atomic E-state index is 0.386. The van der Waals surface area contributed by atoms with Gasteiger partial charge in [0.25, 0.3) is 0 Å². The van der Waals surface area contributed by atoms with Gasteiger partial charge in [-0.15, -0.1) is 0 Å². The molecule has 102 valence electrons.